The first-order chi connectivity index (χ1) is 31.2. The standard InChI is InChI=1S/C46H46N12O6/c1-54-42-35-15-6-5-10-32(35)29-57(38-17-8-7-16-36(38)41(42)51-52-54)40(60)19-18-39(59)47-22-26-64-27-25-56-30-37(50-53-56)31-11-9-12-33(28-31)48-44(62)55-23-20-46(21-24-55)43(61)58(45(63)49-46)34-13-3-2-4-14-34/h2-17,28,30H,18-27,29H2,1H3,(H,47,59)(H,48,62)(H,49,63). The van der Waals surface area contributed by atoms with Crippen LogP contribution in [0.15, 0.2) is 109 Å². The first-order valence-electron chi connectivity index (χ1n) is 21.2. The minimum atomic E-state index is -1.04. The molecular formula is C46H46N12O6. The Labute approximate surface area is 368 Å². The highest BCUT2D eigenvalue weighted by atomic mass is 16.5. The van der Waals surface area contributed by atoms with Gasteiger partial charge in [0.1, 0.15) is 16.9 Å². The van der Waals surface area contributed by atoms with Gasteiger partial charge in [0, 0.05) is 61.9 Å². The normalized spacial score (nSPS) is 15.2. The van der Waals surface area contributed by atoms with Crippen LogP contribution in [0, 0.1) is 0 Å². The Balaban J connectivity index is 0.704. The second-order valence-electron chi connectivity index (χ2n) is 15.9. The summed E-state index contributed by atoms with van der Waals surface area (Å²) in [5.41, 5.74) is 6.43. The van der Waals surface area contributed by atoms with Gasteiger partial charge in [-0.15, -0.1) is 10.2 Å². The number of carbonyl (C=O) groups excluding carboxylic acids is 5. The van der Waals surface area contributed by atoms with E-state index in [2.05, 4.69) is 36.6 Å². The van der Waals surface area contributed by atoms with Crippen molar-refractivity contribution in [2.24, 2.45) is 7.05 Å². The number of para-hydroxylation sites is 2. The fraction of sp³-hybridized carbons (Fsp3) is 0.283. The van der Waals surface area contributed by atoms with Crippen molar-refractivity contribution < 1.29 is 28.7 Å². The summed E-state index contributed by atoms with van der Waals surface area (Å²) in [7, 11) is 1.86. The number of benzene rings is 4. The van der Waals surface area contributed by atoms with Crippen LogP contribution in [0.4, 0.5) is 26.7 Å². The second-order valence-corrected chi connectivity index (χ2v) is 15.9. The highest BCUT2D eigenvalue weighted by molar-refractivity contribution is 6.23. The third-order valence-corrected chi connectivity index (χ3v) is 11.8. The molecule has 1 spiro atoms. The van der Waals surface area contributed by atoms with Crippen LogP contribution < -0.4 is 25.8 Å². The third kappa shape index (κ3) is 8.42. The highest BCUT2D eigenvalue weighted by Gasteiger charge is 2.53. The van der Waals surface area contributed by atoms with Crippen LogP contribution in [0.5, 0.6) is 0 Å². The minimum Gasteiger partial charge on any atom is -0.378 e. The number of anilines is 3. The Bertz CT molecular complexity index is 2730. The number of urea groups is 2. The van der Waals surface area contributed by atoms with Gasteiger partial charge in [-0.2, -0.15) is 0 Å². The van der Waals surface area contributed by atoms with E-state index >= 15 is 0 Å². The predicted molar refractivity (Wildman–Crippen MR) is 237 cm³/mol. The van der Waals surface area contributed by atoms with E-state index in [9.17, 15) is 24.0 Å². The van der Waals surface area contributed by atoms with Crippen molar-refractivity contribution in [2.45, 2.75) is 44.3 Å². The van der Waals surface area contributed by atoms with E-state index in [1.165, 1.54) is 4.90 Å². The quantitative estimate of drug-likeness (QED) is 0.111. The van der Waals surface area contributed by atoms with E-state index in [4.69, 9.17) is 4.74 Å². The smallest absolute Gasteiger partial charge is 0.329 e. The molecule has 18 heteroatoms. The lowest BCUT2D eigenvalue weighted by Gasteiger charge is -2.37. The molecule has 5 heterocycles. The number of ether oxygens (including phenoxy) is 1. The van der Waals surface area contributed by atoms with E-state index in [0.29, 0.717) is 68.4 Å². The lowest BCUT2D eigenvalue weighted by Crippen LogP contribution is -2.56. The van der Waals surface area contributed by atoms with Gasteiger partial charge in [-0.1, -0.05) is 83.2 Å². The molecule has 0 saturated carbocycles. The Hall–Kier alpha value is -7.73. The number of amides is 7. The number of rotatable bonds is 12. The monoisotopic (exact) mass is 862 g/mol. The average Bonchev–Trinajstić information content (AvgIpc) is 4.01. The Morgan fingerprint density at radius 3 is 2.42 bits per heavy atom. The van der Waals surface area contributed by atoms with Gasteiger partial charge in [0.2, 0.25) is 11.8 Å². The van der Waals surface area contributed by atoms with E-state index in [1.54, 1.807) is 55.7 Å². The summed E-state index contributed by atoms with van der Waals surface area (Å²) in [6.45, 7) is 2.23. The molecule has 4 aromatic carbocycles. The Kier molecular flexibility index (Phi) is 11.7. The number of fused-ring (bicyclic) bond motifs is 5. The molecule has 18 nitrogen and oxygen atoms in total. The van der Waals surface area contributed by atoms with Crippen LogP contribution in [-0.2, 0) is 39.3 Å². The zero-order valence-electron chi connectivity index (χ0n) is 35.1. The second kappa shape index (κ2) is 17.9. The lowest BCUT2D eigenvalue weighted by molar-refractivity contribution is -0.125. The first-order valence-corrected chi connectivity index (χ1v) is 21.2. The van der Waals surface area contributed by atoms with Gasteiger partial charge in [0.25, 0.3) is 5.91 Å². The molecule has 3 aliphatic heterocycles. The number of hydrogen-bond acceptors (Lipinski definition) is 10. The predicted octanol–water partition coefficient (Wildman–Crippen LogP) is 4.99. The average molecular weight is 863 g/mol. The molecule has 3 N–H and O–H groups in total. The lowest BCUT2D eigenvalue weighted by atomic mass is 9.87. The summed E-state index contributed by atoms with van der Waals surface area (Å²) in [5, 5.41) is 25.9. The van der Waals surface area contributed by atoms with Gasteiger partial charge < -0.3 is 30.5 Å². The van der Waals surface area contributed by atoms with Gasteiger partial charge in [0.05, 0.1) is 49.6 Å². The molecule has 6 aromatic rings. The number of hydrogen-bond donors (Lipinski definition) is 3. The molecule has 2 saturated heterocycles. The van der Waals surface area contributed by atoms with Crippen LogP contribution in [0.2, 0.25) is 0 Å². The van der Waals surface area contributed by atoms with Crippen molar-refractivity contribution in [1.29, 1.82) is 0 Å². The number of aryl methyl sites for hydroxylation is 1. The number of likely N-dealkylation sites (tertiary alicyclic amines) is 1. The van der Waals surface area contributed by atoms with Crippen LogP contribution in [0.3, 0.4) is 0 Å². The number of carbonyl (C=O) groups is 5. The van der Waals surface area contributed by atoms with Gasteiger partial charge in [-0.25, -0.2) is 23.9 Å². The van der Waals surface area contributed by atoms with Crippen LogP contribution >= 0.6 is 0 Å². The molecule has 2 fully saturated rings. The third-order valence-electron chi connectivity index (χ3n) is 11.8. The molecule has 326 valence electrons. The van der Waals surface area contributed by atoms with E-state index in [0.717, 1.165) is 33.6 Å². The van der Waals surface area contributed by atoms with Gasteiger partial charge in [-0.3, -0.25) is 14.4 Å². The molecule has 3 aliphatic rings. The zero-order chi connectivity index (χ0) is 44.2. The minimum absolute atomic E-state index is 0.0264. The van der Waals surface area contributed by atoms with Gasteiger partial charge in [-0.05, 0) is 48.7 Å². The maximum Gasteiger partial charge on any atom is 0.329 e. The summed E-state index contributed by atoms with van der Waals surface area (Å²) in [4.78, 5) is 70.5. The molecular weight excluding hydrogens is 817 g/mol. The topological polar surface area (TPSA) is 202 Å². The van der Waals surface area contributed by atoms with E-state index in [-0.39, 0.29) is 49.7 Å². The van der Waals surface area contributed by atoms with Crippen LogP contribution in [-0.4, -0.2) is 103 Å². The number of imide groups is 1. The number of nitrogens with zero attached hydrogens (tertiary/aromatic N) is 9. The maximum atomic E-state index is 13.7. The summed E-state index contributed by atoms with van der Waals surface area (Å²) < 4.78 is 9.17. The molecule has 0 unspecified atom stereocenters. The Morgan fingerprint density at radius 1 is 0.828 bits per heavy atom. The van der Waals surface area contributed by atoms with Crippen molar-refractivity contribution in [3.63, 3.8) is 0 Å². The molecule has 2 aromatic heterocycles. The molecule has 0 atom stereocenters. The maximum absolute atomic E-state index is 13.7. The van der Waals surface area contributed by atoms with Crippen molar-refractivity contribution in [3.05, 3.63) is 115 Å². The summed E-state index contributed by atoms with van der Waals surface area (Å²) in [5.74, 6) is -0.721. The van der Waals surface area contributed by atoms with Gasteiger partial charge in [0.15, 0.2) is 0 Å². The van der Waals surface area contributed by atoms with E-state index < -0.39 is 11.6 Å². The summed E-state index contributed by atoms with van der Waals surface area (Å²) in [6, 6.07) is 30.9. The van der Waals surface area contributed by atoms with Crippen molar-refractivity contribution >= 4 is 46.8 Å². The molecule has 64 heavy (non-hydrogen) atoms. The molecule has 9 rings (SSSR count). The SMILES string of the molecule is Cn1nnc2c1-c1ccccc1CN(C(=O)CCC(=O)NCCOCCn1cc(-c3cccc(NC(=O)N4CCC5(CC4)NC(=O)N(c4ccccc4)C5=O)c3)nn1)c1ccccc1-2. The van der Waals surface area contributed by atoms with Crippen LogP contribution in [0.1, 0.15) is 31.2 Å². The zero-order valence-corrected chi connectivity index (χ0v) is 35.1. The summed E-state index contributed by atoms with van der Waals surface area (Å²) >= 11 is 0. The van der Waals surface area contributed by atoms with Crippen molar-refractivity contribution in [1.82, 2.24) is 45.5 Å². The highest BCUT2D eigenvalue weighted by Crippen LogP contribution is 2.41. The van der Waals surface area contributed by atoms with Gasteiger partial charge >= 0.3 is 12.1 Å². The molecule has 7 amide bonds. The molecule has 0 bridgehead atoms. The summed E-state index contributed by atoms with van der Waals surface area (Å²) in [6.07, 6.45) is 2.45. The number of nitrogens with one attached hydrogen (secondary N) is 3. The molecule has 0 radical (unpaired) electrons. The van der Waals surface area contributed by atoms with Crippen molar-refractivity contribution in [3.8, 4) is 33.8 Å². The fourth-order valence-corrected chi connectivity index (χ4v) is 8.44. The number of aromatic nitrogens is 6. The van der Waals surface area contributed by atoms with Crippen LogP contribution in [0.25, 0.3) is 33.8 Å². The van der Waals surface area contributed by atoms with Crippen molar-refractivity contribution in [2.75, 3.05) is 48.0 Å². The Morgan fingerprint density at radius 2 is 1.59 bits per heavy atom. The fourth-order valence-electron chi connectivity index (χ4n) is 8.44. The molecule has 0 aliphatic carbocycles. The number of piperidine rings is 1. The first kappa shape index (κ1) is 41.6. The van der Waals surface area contributed by atoms with E-state index in [1.807, 2.05) is 79.8 Å². The largest absolute Gasteiger partial charge is 0.378 e.